The van der Waals surface area contributed by atoms with Crippen LogP contribution in [0.3, 0.4) is 0 Å². The summed E-state index contributed by atoms with van der Waals surface area (Å²) >= 11 is 3.57. The third-order valence-corrected chi connectivity index (χ3v) is 5.13. The first-order valence-corrected chi connectivity index (χ1v) is 7.77. The number of isocyanates is 1. The Bertz CT molecular complexity index is 626. The van der Waals surface area contributed by atoms with Gasteiger partial charge in [0.05, 0.1) is 5.54 Å². The third kappa shape index (κ3) is 1.73. The molecule has 4 nitrogen and oxygen atoms in total. The molecule has 5 heteroatoms. The Labute approximate surface area is 125 Å². The Kier molecular flexibility index (Phi) is 2.54. The average molecular weight is 336 g/mol. The van der Waals surface area contributed by atoms with Crippen LogP contribution < -0.4 is 9.47 Å². The summed E-state index contributed by atoms with van der Waals surface area (Å²) in [7, 11) is 0. The van der Waals surface area contributed by atoms with Crippen LogP contribution in [-0.2, 0) is 10.3 Å². The predicted octanol–water partition coefficient (Wildman–Crippen LogP) is 3.82. The van der Waals surface area contributed by atoms with E-state index < -0.39 is 11.3 Å². The van der Waals surface area contributed by atoms with Gasteiger partial charge in [0, 0.05) is 17.3 Å². The van der Waals surface area contributed by atoms with E-state index in [-0.39, 0.29) is 0 Å². The van der Waals surface area contributed by atoms with Crippen LogP contribution in [0.2, 0.25) is 0 Å². The number of hydrogen-bond donors (Lipinski definition) is 0. The van der Waals surface area contributed by atoms with Crippen LogP contribution in [0.25, 0.3) is 0 Å². The zero-order chi connectivity index (χ0) is 13.8. The Morgan fingerprint density at radius 1 is 1.10 bits per heavy atom. The summed E-state index contributed by atoms with van der Waals surface area (Å²) in [5.41, 5.74) is 0.600. The van der Waals surface area contributed by atoms with Crippen LogP contribution in [-0.4, -0.2) is 11.9 Å². The Hall–Kier alpha value is -1.32. The largest absolute Gasteiger partial charge is 0.448 e. The van der Waals surface area contributed by atoms with Gasteiger partial charge in [0.1, 0.15) is 0 Å². The van der Waals surface area contributed by atoms with Gasteiger partial charge in [-0.25, -0.2) is 4.79 Å². The van der Waals surface area contributed by atoms with E-state index in [1.807, 2.05) is 12.1 Å². The molecule has 4 rings (SSSR count). The molecule has 0 bridgehead atoms. The van der Waals surface area contributed by atoms with Gasteiger partial charge in [0.25, 0.3) is 5.79 Å². The third-order valence-electron chi connectivity index (χ3n) is 4.48. The fourth-order valence-corrected chi connectivity index (χ4v) is 3.93. The van der Waals surface area contributed by atoms with E-state index in [4.69, 9.17) is 9.47 Å². The van der Waals surface area contributed by atoms with Crippen molar-refractivity contribution in [3.63, 3.8) is 0 Å². The minimum absolute atomic E-state index is 0.398. The lowest BCUT2D eigenvalue weighted by molar-refractivity contribution is -0.0716. The summed E-state index contributed by atoms with van der Waals surface area (Å²) in [6.45, 7) is 0. The molecule has 0 atom stereocenters. The Balaban J connectivity index is 1.74. The fraction of sp³-hybridized carbons (Fsp3) is 0.533. The average Bonchev–Trinajstić information content (AvgIpc) is 2.92. The minimum Gasteiger partial charge on any atom is -0.448 e. The van der Waals surface area contributed by atoms with Crippen molar-refractivity contribution in [3.8, 4) is 11.5 Å². The summed E-state index contributed by atoms with van der Waals surface area (Å²) < 4.78 is 13.0. The molecule has 2 fully saturated rings. The van der Waals surface area contributed by atoms with Gasteiger partial charge in [-0.3, -0.25) is 0 Å². The number of aliphatic imine (C=N–C) groups is 1. The van der Waals surface area contributed by atoms with Crippen LogP contribution in [0.5, 0.6) is 11.5 Å². The number of carbonyl (C=O) groups excluding carboxylic acids is 1. The lowest BCUT2D eigenvalue weighted by Crippen LogP contribution is -2.34. The monoisotopic (exact) mass is 335 g/mol. The lowest BCUT2D eigenvalue weighted by Gasteiger charge is -2.21. The van der Waals surface area contributed by atoms with Gasteiger partial charge in [0.2, 0.25) is 6.08 Å². The van der Waals surface area contributed by atoms with Crippen molar-refractivity contribution in [1.29, 1.82) is 0 Å². The SMILES string of the molecule is O=C=NC1(c2cc3c(cc2Br)OC2(CCCC2)O3)CC1. The fourth-order valence-electron chi connectivity index (χ4n) is 3.24. The highest BCUT2D eigenvalue weighted by Gasteiger charge is 2.49. The first-order chi connectivity index (χ1) is 9.66. The van der Waals surface area contributed by atoms with Crippen molar-refractivity contribution in [1.82, 2.24) is 0 Å². The maximum absolute atomic E-state index is 10.6. The molecule has 2 saturated carbocycles. The number of benzene rings is 1. The van der Waals surface area contributed by atoms with E-state index in [1.165, 1.54) is 0 Å². The molecule has 0 amide bonds. The van der Waals surface area contributed by atoms with Gasteiger partial charge < -0.3 is 9.47 Å². The van der Waals surface area contributed by atoms with E-state index in [1.54, 1.807) is 6.08 Å². The summed E-state index contributed by atoms with van der Waals surface area (Å²) in [6, 6.07) is 3.92. The van der Waals surface area contributed by atoms with Crippen LogP contribution in [0.15, 0.2) is 21.6 Å². The summed E-state index contributed by atoms with van der Waals surface area (Å²) in [6.07, 6.45) is 7.61. The van der Waals surface area contributed by atoms with Gasteiger partial charge in [-0.2, -0.15) is 4.99 Å². The number of fused-ring (bicyclic) bond motifs is 1. The van der Waals surface area contributed by atoms with Crippen LogP contribution >= 0.6 is 15.9 Å². The highest BCUT2D eigenvalue weighted by molar-refractivity contribution is 9.10. The molecule has 1 aromatic rings. The molecule has 0 unspecified atom stereocenters. The molecule has 0 saturated heterocycles. The first-order valence-electron chi connectivity index (χ1n) is 6.98. The molecule has 0 radical (unpaired) electrons. The molecule has 1 aromatic carbocycles. The highest BCUT2D eigenvalue weighted by Crippen LogP contribution is 2.55. The van der Waals surface area contributed by atoms with Crippen molar-refractivity contribution in [2.75, 3.05) is 0 Å². The highest BCUT2D eigenvalue weighted by atomic mass is 79.9. The van der Waals surface area contributed by atoms with Gasteiger partial charge in [0.15, 0.2) is 11.5 Å². The van der Waals surface area contributed by atoms with Crippen LogP contribution in [0.1, 0.15) is 44.1 Å². The van der Waals surface area contributed by atoms with Crippen molar-refractivity contribution < 1.29 is 14.3 Å². The minimum atomic E-state index is -0.453. The molecule has 104 valence electrons. The zero-order valence-electron chi connectivity index (χ0n) is 10.9. The van der Waals surface area contributed by atoms with E-state index >= 15 is 0 Å². The van der Waals surface area contributed by atoms with Gasteiger partial charge in [-0.15, -0.1) is 0 Å². The molecule has 3 aliphatic rings. The predicted molar refractivity (Wildman–Crippen MR) is 75.6 cm³/mol. The molecule has 1 aliphatic heterocycles. The maximum Gasteiger partial charge on any atom is 0.251 e. The summed E-state index contributed by atoms with van der Waals surface area (Å²) in [4.78, 5) is 14.6. The van der Waals surface area contributed by atoms with Crippen molar-refractivity contribution in [3.05, 3.63) is 22.2 Å². The molecule has 20 heavy (non-hydrogen) atoms. The Morgan fingerprint density at radius 2 is 1.75 bits per heavy atom. The lowest BCUT2D eigenvalue weighted by atomic mass is 10.1. The number of rotatable bonds is 2. The summed E-state index contributed by atoms with van der Waals surface area (Å²) in [5, 5.41) is 0. The second-order valence-corrected chi connectivity index (χ2v) is 6.69. The van der Waals surface area contributed by atoms with E-state index in [9.17, 15) is 4.79 Å². The molecule has 2 aliphatic carbocycles. The van der Waals surface area contributed by atoms with E-state index in [2.05, 4.69) is 20.9 Å². The number of halogens is 1. The molecule has 1 spiro atoms. The Morgan fingerprint density at radius 3 is 2.35 bits per heavy atom. The smallest absolute Gasteiger partial charge is 0.251 e. The zero-order valence-corrected chi connectivity index (χ0v) is 12.5. The molecule has 1 heterocycles. The second kappa shape index (κ2) is 4.09. The van der Waals surface area contributed by atoms with Crippen LogP contribution in [0.4, 0.5) is 0 Å². The number of nitrogens with zero attached hydrogens (tertiary/aromatic N) is 1. The van der Waals surface area contributed by atoms with E-state index in [0.29, 0.717) is 0 Å². The topological polar surface area (TPSA) is 47.9 Å². The van der Waals surface area contributed by atoms with Crippen LogP contribution in [0, 0.1) is 0 Å². The molecule has 0 N–H and O–H groups in total. The van der Waals surface area contributed by atoms with Crippen molar-refractivity contribution >= 4 is 22.0 Å². The first kappa shape index (κ1) is 12.4. The maximum atomic E-state index is 10.6. The van der Waals surface area contributed by atoms with Gasteiger partial charge in [-0.05, 0) is 43.4 Å². The van der Waals surface area contributed by atoms with Gasteiger partial charge in [-0.1, -0.05) is 15.9 Å². The molecular formula is C15H14BrNO3. The van der Waals surface area contributed by atoms with Gasteiger partial charge >= 0.3 is 0 Å². The second-order valence-electron chi connectivity index (χ2n) is 5.84. The number of hydrogen-bond acceptors (Lipinski definition) is 4. The van der Waals surface area contributed by atoms with Crippen molar-refractivity contribution in [2.24, 2.45) is 4.99 Å². The quantitative estimate of drug-likeness (QED) is 0.609. The number of ether oxygens (including phenoxy) is 2. The van der Waals surface area contributed by atoms with E-state index in [0.717, 1.165) is 60.1 Å². The normalized spacial score (nSPS) is 23.6. The molecular weight excluding hydrogens is 322 g/mol. The molecule has 0 aromatic heterocycles. The van der Waals surface area contributed by atoms with Crippen molar-refractivity contribution in [2.45, 2.75) is 49.9 Å². The standard InChI is InChI=1S/C15H14BrNO3/c16-11-8-13-12(19-15(20-13)3-1-2-4-15)7-10(11)14(5-6-14)17-9-18/h7-8H,1-6H2. The summed E-state index contributed by atoms with van der Waals surface area (Å²) in [5.74, 6) is 1.11.